The summed E-state index contributed by atoms with van der Waals surface area (Å²) in [7, 11) is 3.57. The Hall–Kier alpha value is -1.07. The van der Waals surface area contributed by atoms with Gasteiger partial charge in [-0.3, -0.25) is 9.48 Å². The van der Waals surface area contributed by atoms with Gasteiger partial charge in [-0.15, -0.1) is 0 Å². The van der Waals surface area contributed by atoms with Crippen molar-refractivity contribution < 1.29 is 9.53 Å². The Morgan fingerprint density at radius 2 is 2.20 bits per heavy atom. The number of rotatable bonds is 2. The molecular formula is C14H22ClN3O2. The fourth-order valence-corrected chi connectivity index (χ4v) is 2.97. The second kappa shape index (κ2) is 5.37. The summed E-state index contributed by atoms with van der Waals surface area (Å²) < 4.78 is 7.26. The molecule has 1 fully saturated rings. The molecule has 0 aliphatic carbocycles. The van der Waals surface area contributed by atoms with Gasteiger partial charge >= 0.3 is 0 Å². The molecule has 2 rings (SSSR count). The molecule has 0 unspecified atom stereocenters. The number of carbonyl (C=O) groups is 1. The normalized spacial score (nSPS) is 21.8. The highest BCUT2D eigenvalue weighted by atomic mass is 35.5. The Bertz CT molecular complexity index is 525. The zero-order valence-electron chi connectivity index (χ0n) is 12.7. The second-order valence-electron chi connectivity index (χ2n) is 6.04. The van der Waals surface area contributed by atoms with Crippen LogP contribution in [0.4, 0.5) is 0 Å². The first kappa shape index (κ1) is 15.3. The molecule has 1 aromatic rings. The highest BCUT2D eigenvalue weighted by Gasteiger charge is 2.34. The molecule has 1 aliphatic rings. The standard InChI is InChI=1S/C14H22ClN3O2/c1-9-11(15)12(18(5)16-9)13(19)17(4)10-6-7-20-14(2,3)8-10/h10H,6-8H2,1-5H3/t10-/m0/s1. The highest BCUT2D eigenvalue weighted by molar-refractivity contribution is 6.34. The molecule has 1 saturated heterocycles. The molecule has 6 heteroatoms. The van der Waals surface area contributed by atoms with Crippen molar-refractivity contribution in [2.24, 2.45) is 7.05 Å². The molecule has 2 heterocycles. The van der Waals surface area contributed by atoms with Gasteiger partial charge in [0.15, 0.2) is 0 Å². The van der Waals surface area contributed by atoms with Crippen molar-refractivity contribution in [3.63, 3.8) is 0 Å². The van der Waals surface area contributed by atoms with E-state index in [2.05, 4.69) is 18.9 Å². The molecular weight excluding hydrogens is 278 g/mol. The molecule has 1 aromatic heterocycles. The van der Waals surface area contributed by atoms with Crippen molar-refractivity contribution in [3.05, 3.63) is 16.4 Å². The summed E-state index contributed by atoms with van der Waals surface area (Å²) in [6, 6.07) is 0.164. The molecule has 112 valence electrons. The SMILES string of the molecule is Cc1nn(C)c(C(=O)N(C)[C@H]2CCOC(C)(C)C2)c1Cl. The first-order valence-corrected chi connectivity index (χ1v) is 7.21. The van der Waals surface area contributed by atoms with E-state index in [9.17, 15) is 4.79 Å². The fraction of sp³-hybridized carbons (Fsp3) is 0.714. The lowest BCUT2D eigenvalue weighted by atomic mass is 9.93. The average molecular weight is 300 g/mol. The van der Waals surface area contributed by atoms with Gasteiger partial charge in [0.05, 0.1) is 16.3 Å². The zero-order valence-corrected chi connectivity index (χ0v) is 13.5. The molecule has 0 saturated carbocycles. The summed E-state index contributed by atoms with van der Waals surface area (Å²) in [4.78, 5) is 14.4. The Morgan fingerprint density at radius 1 is 1.55 bits per heavy atom. The summed E-state index contributed by atoms with van der Waals surface area (Å²) in [5.74, 6) is -0.0826. The van der Waals surface area contributed by atoms with Gasteiger partial charge in [-0.2, -0.15) is 5.10 Å². The summed E-state index contributed by atoms with van der Waals surface area (Å²) in [6.45, 7) is 6.58. The molecule has 5 nitrogen and oxygen atoms in total. The number of amides is 1. The maximum absolute atomic E-state index is 12.6. The third-order valence-corrected chi connectivity index (χ3v) is 4.34. The minimum Gasteiger partial charge on any atom is -0.375 e. The number of aromatic nitrogens is 2. The van der Waals surface area contributed by atoms with E-state index in [1.165, 1.54) is 0 Å². The van der Waals surface area contributed by atoms with E-state index in [4.69, 9.17) is 16.3 Å². The number of hydrogen-bond acceptors (Lipinski definition) is 3. The maximum Gasteiger partial charge on any atom is 0.273 e. The van der Waals surface area contributed by atoms with Crippen LogP contribution >= 0.6 is 11.6 Å². The lowest BCUT2D eigenvalue weighted by molar-refractivity contribution is -0.0756. The van der Waals surface area contributed by atoms with Gasteiger partial charge in [0, 0.05) is 26.7 Å². The third-order valence-electron chi connectivity index (χ3n) is 3.89. The molecule has 1 aliphatic heterocycles. The smallest absolute Gasteiger partial charge is 0.273 e. The second-order valence-corrected chi connectivity index (χ2v) is 6.42. The van der Waals surface area contributed by atoms with Crippen LogP contribution in [0.2, 0.25) is 5.02 Å². The van der Waals surface area contributed by atoms with Gasteiger partial charge in [-0.1, -0.05) is 11.6 Å². The molecule has 0 N–H and O–H groups in total. The summed E-state index contributed by atoms with van der Waals surface area (Å²) in [5.41, 5.74) is 0.943. The predicted molar refractivity (Wildman–Crippen MR) is 78.1 cm³/mol. The van der Waals surface area contributed by atoms with E-state index < -0.39 is 0 Å². The molecule has 1 atom stereocenters. The number of carbonyl (C=O) groups excluding carboxylic acids is 1. The van der Waals surface area contributed by atoms with Crippen LogP contribution in [0.1, 0.15) is 42.9 Å². The van der Waals surface area contributed by atoms with Crippen molar-refractivity contribution in [2.75, 3.05) is 13.7 Å². The lowest BCUT2D eigenvalue weighted by Gasteiger charge is -2.39. The van der Waals surface area contributed by atoms with Crippen molar-refractivity contribution >= 4 is 17.5 Å². The van der Waals surface area contributed by atoms with Crippen LogP contribution in [-0.2, 0) is 11.8 Å². The van der Waals surface area contributed by atoms with Crippen molar-refractivity contribution in [3.8, 4) is 0 Å². The van der Waals surface area contributed by atoms with Gasteiger partial charge in [-0.25, -0.2) is 0 Å². The Labute approximate surface area is 124 Å². The number of aryl methyl sites for hydroxylation is 2. The molecule has 1 amide bonds. The Morgan fingerprint density at radius 3 is 2.70 bits per heavy atom. The van der Waals surface area contributed by atoms with E-state index in [1.807, 2.05) is 7.05 Å². The van der Waals surface area contributed by atoms with Crippen molar-refractivity contribution in [1.82, 2.24) is 14.7 Å². The van der Waals surface area contributed by atoms with E-state index in [1.54, 1.807) is 23.6 Å². The van der Waals surface area contributed by atoms with Crippen LogP contribution in [0.3, 0.4) is 0 Å². The van der Waals surface area contributed by atoms with Crippen molar-refractivity contribution in [2.45, 2.75) is 45.3 Å². The fourth-order valence-electron chi connectivity index (χ4n) is 2.73. The van der Waals surface area contributed by atoms with E-state index >= 15 is 0 Å². The van der Waals surface area contributed by atoms with Gasteiger partial charge in [0.2, 0.25) is 0 Å². The Balaban J connectivity index is 2.20. The van der Waals surface area contributed by atoms with Crippen LogP contribution in [0.25, 0.3) is 0 Å². The molecule has 0 aromatic carbocycles. The summed E-state index contributed by atoms with van der Waals surface area (Å²) in [5, 5.41) is 4.64. The molecule has 20 heavy (non-hydrogen) atoms. The lowest BCUT2D eigenvalue weighted by Crippen LogP contribution is -2.47. The number of ether oxygens (including phenoxy) is 1. The Kier molecular flexibility index (Phi) is 4.12. The summed E-state index contributed by atoms with van der Waals surface area (Å²) in [6.07, 6.45) is 1.67. The number of nitrogens with zero attached hydrogens (tertiary/aromatic N) is 3. The quantitative estimate of drug-likeness (QED) is 0.842. The number of halogens is 1. The number of hydrogen-bond donors (Lipinski definition) is 0. The van der Waals surface area contributed by atoms with Gasteiger partial charge in [0.1, 0.15) is 5.69 Å². The first-order chi connectivity index (χ1) is 9.23. The van der Waals surface area contributed by atoms with Crippen LogP contribution in [0.15, 0.2) is 0 Å². The summed E-state index contributed by atoms with van der Waals surface area (Å²) >= 11 is 6.19. The van der Waals surface area contributed by atoms with Crippen LogP contribution in [-0.4, -0.2) is 45.9 Å². The molecule has 0 bridgehead atoms. The van der Waals surface area contributed by atoms with E-state index in [-0.39, 0.29) is 17.6 Å². The first-order valence-electron chi connectivity index (χ1n) is 6.83. The van der Waals surface area contributed by atoms with E-state index in [0.29, 0.717) is 23.0 Å². The molecule has 0 radical (unpaired) electrons. The predicted octanol–water partition coefficient (Wildman–Crippen LogP) is 2.41. The van der Waals surface area contributed by atoms with Crippen LogP contribution in [0, 0.1) is 6.92 Å². The molecule has 0 spiro atoms. The van der Waals surface area contributed by atoms with E-state index in [0.717, 1.165) is 12.8 Å². The topological polar surface area (TPSA) is 47.4 Å². The van der Waals surface area contributed by atoms with Gasteiger partial charge in [-0.05, 0) is 33.6 Å². The maximum atomic E-state index is 12.6. The van der Waals surface area contributed by atoms with Crippen LogP contribution in [0.5, 0.6) is 0 Å². The largest absolute Gasteiger partial charge is 0.375 e. The third kappa shape index (κ3) is 2.83. The monoisotopic (exact) mass is 299 g/mol. The van der Waals surface area contributed by atoms with Crippen molar-refractivity contribution in [1.29, 1.82) is 0 Å². The van der Waals surface area contributed by atoms with Gasteiger partial charge < -0.3 is 9.64 Å². The van der Waals surface area contributed by atoms with Gasteiger partial charge in [0.25, 0.3) is 5.91 Å². The van der Waals surface area contributed by atoms with Crippen LogP contribution < -0.4 is 0 Å². The minimum atomic E-state index is -0.191. The average Bonchev–Trinajstić information content (AvgIpc) is 2.60. The zero-order chi connectivity index (χ0) is 15.1. The minimum absolute atomic E-state index is 0.0826. The highest BCUT2D eigenvalue weighted by Crippen LogP contribution is 2.29.